The van der Waals surface area contributed by atoms with Crippen LogP contribution < -0.4 is 10.0 Å². The second-order valence-electron chi connectivity index (χ2n) is 6.25. The zero-order valence-corrected chi connectivity index (χ0v) is 16.1. The minimum atomic E-state index is -4.83. The summed E-state index contributed by atoms with van der Waals surface area (Å²) in [4.78, 5) is 11.2. The molecule has 0 fully saturated rings. The number of sulfonamides is 1. The van der Waals surface area contributed by atoms with Gasteiger partial charge in [-0.1, -0.05) is 12.1 Å². The Labute approximate surface area is 161 Å². The molecule has 0 radical (unpaired) electrons. The monoisotopic (exact) mass is 418 g/mol. The molecule has 28 heavy (non-hydrogen) atoms. The number of carbonyl (C=O) groups excluding carboxylic acids is 1. The van der Waals surface area contributed by atoms with Gasteiger partial charge < -0.3 is 5.32 Å². The van der Waals surface area contributed by atoms with Crippen LogP contribution in [0.2, 0.25) is 0 Å². The average molecular weight is 418 g/mol. The van der Waals surface area contributed by atoms with Gasteiger partial charge in [-0.3, -0.25) is 9.48 Å². The Morgan fingerprint density at radius 1 is 1.29 bits per heavy atom. The fourth-order valence-corrected chi connectivity index (χ4v) is 3.97. The second kappa shape index (κ2) is 8.74. The molecule has 154 valence electrons. The Bertz CT molecular complexity index is 926. The number of alkyl halides is 3. The van der Waals surface area contributed by atoms with Gasteiger partial charge in [0.1, 0.15) is 0 Å². The first kappa shape index (κ1) is 21.9. The normalized spacial score (nSPS) is 13.3. The van der Waals surface area contributed by atoms with E-state index in [9.17, 15) is 26.4 Å². The first-order valence-electron chi connectivity index (χ1n) is 8.44. The second-order valence-corrected chi connectivity index (χ2v) is 7.94. The summed E-state index contributed by atoms with van der Waals surface area (Å²) in [7, 11) is -2.74. The van der Waals surface area contributed by atoms with Crippen molar-refractivity contribution in [3.8, 4) is 0 Å². The Balaban J connectivity index is 1.94. The molecule has 0 spiro atoms. The highest BCUT2D eigenvalue weighted by Crippen LogP contribution is 2.33. The predicted octanol–water partition coefficient (Wildman–Crippen LogP) is 1.85. The van der Waals surface area contributed by atoms with Crippen molar-refractivity contribution < 1.29 is 26.4 Å². The number of amides is 1. The molecule has 1 heterocycles. The SMILES string of the molecule is C[C@H](NS(=O)(=O)c1ccccc1C(F)(F)F)C(=O)NCCCc1cnn(C)c1. The first-order chi connectivity index (χ1) is 13.0. The van der Waals surface area contributed by atoms with E-state index in [1.165, 1.54) is 13.0 Å². The summed E-state index contributed by atoms with van der Waals surface area (Å²) in [6.45, 7) is 1.56. The Morgan fingerprint density at radius 3 is 2.57 bits per heavy atom. The summed E-state index contributed by atoms with van der Waals surface area (Å²) in [5, 5.41) is 6.59. The summed E-state index contributed by atoms with van der Waals surface area (Å²) >= 11 is 0. The summed E-state index contributed by atoms with van der Waals surface area (Å²) in [6.07, 6.45) is -0.00251. The number of nitrogens with zero attached hydrogens (tertiary/aromatic N) is 2. The van der Waals surface area contributed by atoms with Gasteiger partial charge >= 0.3 is 6.18 Å². The van der Waals surface area contributed by atoms with Gasteiger partial charge in [0.25, 0.3) is 0 Å². The van der Waals surface area contributed by atoms with Crippen molar-refractivity contribution in [1.29, 1.82) is 0 Å². The van der Waals surface area contributed by atoms with Gasteiger partial charge in [0.15, 0.2) is 0 Å². The smallest absolute Gasteiger partial charge is 0.355 e. The predicted molar refractivity (Wildman–Crippen MR) is 95.8 cm³/mol. The summed E-state index contributed by atoms with van der Waals surface area (Å²) in [6, 6.07) is 2.58. The average Bonchev–Trinajstić information content (AvgIpc) is 3.02. The van der Waals surface area contributed by atoms with Crippen molar-refractivity contribution in [3.05, 3.63) is 47.8 Å². The Kier molecular flexibility index (Phi) is 6.83. The van der Waals surface area contributed by atoms with Crippen LogP contribution in [0.3, 0.4) is 0 Å². The van der Waals surface area contributed by atoms with Crippen molar-refractivity contribution in [2.45, 2.75) is 36.9 Å². The molecule has 2 rings (SSSR count). The minimum Gasteiger partial charge on any atom is -0.355 e. The van der Waals surface area contributed by atoms with E-state index < -0.39 is 38.6 Å². The molecule has 1 amide bonds. The highest BCUT2D eigenvalue weighted by Gasteiger charge is 2.37. The van der Waals surface area contributed by atoms with Crippen molar-refractivity contribution in [2.75, 3.05) is 6.54 Å². The zero-order valence-electron chi connectivity index (χ0n) is 15.3. The number of carbonyl (C=O) groups is 1. The topological polar surface area (TPSA) is 93.1 Å². The van der Waals surface area contributed by atoms with Crippen molar-refractivity contribution in [3.63, 3.8) is 0 Å². The molecule has 0 aliphatic heterocycles. The highest BCUT2D eigenvalue weighted by atomic mass is 32.2. The molecule has 2 aromatic rings. The van der Waals surface area contributed by atoms with E-state index in [2.05, 4.69) is 10.4 Å². The number of rotatable bonds is 8. The van der Waals surface area contributed by atoms with Crippen LogP contribution in [0.4, 0.5) is 13.2 Å². The standard InChI is InChI=1S/C17H21F3N4O3S/c1-12(16(25)21-9-5-6-13-10-22-24(2)11-13)23-28(26,27)15-8-4-3-7-14(15)17(18,19)20/h3-4,7-8,10-12,23H,5-6,9H2,1-2H3,(H,21,25)/t12-/m0/s1. The number of hydrogen-bond donors (Lipinski definition) is 2. The van der Waals surface area contributed by atoms with E-state index in [0.717, 1.165) is 17.7 Å². The maximum absolute atomic E-state index is 13.0. The molecule has 0 bridgehead atoms. The number of benzene rings is 1. The highest BCUT2D eigenvalue weighted by molar-refractivity contribution is 7.89. The fraction of sp³-hybridized carbons (Fsp3) is 0.412. The van der Waals surface area contributed by atoms with E-state index in [-0.39, 0.29) is 0 Å². The molecule has 1 aromatic carbocycles. The van der Waals surface area contributed by atoms with Gasteiger partial charge in [0.2, 0.25) is 15.9 Å². The third-order valence-electron chi connectivity index (χ3n) is 3.91. The van der Waals surface area contributed by atoms with Crippen LogP contribution in [0.25, 0.3) is 0 Å². The lowest BCUT2D eigenvalue weighted by molar-refractivity contribution is -0.139. The number of hydrogen-bond acceptors (Lipinski definition) is 4. The summed E-state index contributed by atoms with van der Waals surface area (Å²) in [5.74, 6) is -0.626. The van der Waals surface area contributed by atoms with Crippen LogP contribution in [-0.4, -0.2) is 36.7 Å². The van der Waals surface area contributed by atoms with Gasteiger partial charge in [-0.05, 0) is 37.5 Å². The maximum Gasteiger partial charge on any atom is 0.417 e. The number of nitrogens with one attached hydrogen (secondary N) is 2. The molecule has 0 saturated carbocycles. The van der Waals surface area contributed by atoms with Crippen LogP contribution in [0, 0.1) is 0 Å². The minimum absolute atomic E-state index is 0.291. The molecule has 0 saturated heterocycles. The third-order valence-corrected chi connectivity index (χ3v) is 5.51. The van der Waals surface area contributed by atoms with E-state index in [0.29, 0.717) is 25.5 Å². The lowest BCUT2D eigenvalue weighted by Crippen LogP contribution is -2.45. The van der Waals surface area contributed by atoms with Crippen molar-refractivity contribution >= 4 is 15.9 Å². The molecule has 1 atom stereocenters. The molecule has 0 aliphatic rings. The van der Waals surface area contributed by atoms with Crippen LogP contribution in [0.5, 0.6) is 0 Å². The lowest BCUT2D eigenvalue weighted by Gasteiger charge is -2.17. The zero-order chi connectivity index (χ0) is 20.9. The molecular weight excluding hydrogens is 397 g/mol. The van der Waals surface area contributed by atoms with Gasteiger partial charge in [-0.15, -0.1) is 0 Å². The van der Waals surface area contributed by atoms with Crippen LogP contribution in [0.15, 0.2) is 41.6 Å². The number of aryl methyl sites for hydroxylation is 2. The number of aromatic nitrogens is 2. The van der Waals surface area contributed by atoms with E-state index in [1.54, 1.807) is 17.9 Å². The van der Waals surface area contributed by atoms with E-state index in [1.807, 2.05) is 10.9 Å². The molecule has 1 aromatic heterocycles. The maximum atomic E-state index is 13.0. The van der Waals surface area contributed by atoms with Crippen LogP contribution in [-0.2, 0) is 34.5 Å². The number of halogens is 3. The van der Waals surface area contributed by atoms with Gasteiger partial charge in [-0.25, -0.2) is 8.42 Å². The molecule has 0 aliphatic carbocycles. The van der Waals surface area contributed by atoms with Crippen LogP contribution >= 0.6 is 0 Å². The molecule has 2 N–H and O–H groups in total. The van der Waals surface area contributed by atoms with E-state index in [4.69, 9.17) is 0 Å². The first-order valence-corrected chi connectivity index (χ1v) is 9.93. The molecule has 7 nitrogen and oxygen atoms in total. The summed E-state index contributed by atoms with van der Waals surface area (Å²) < 4.78 is 67.4. The third kappa shape index (κ3) is 5.80. The molecular formula is C17H21F3N4O3S. The van der Waals surface area contributed by atoms with Crippen molar-refractivity contribution in [1.82, 2.24) is 19.8 Å². The molecule has 11 heteroatoms. The quantitative estimate of drug-likeness (QED) is 0.640. The Morgan fingerprint density at radius 2 is 1.96 bits per heavy atom. The summed E-state index contributed by atoms with van der Waals surface area (Å²) in [5.41, 5.74) is -0.291. The van der Waals surface area contributed by atoms with Crippen molar-refractivity contribution in [2.24, 2.45) is 7.05 Å². The van der Waals surface area contributed by atoms with Crippen LogP contribution in [0.1, 0.15) is 24.5 Å². The fourth-order valence-electron chi connectivity index (χ4n) is 2.54. The lowest BCUT2D eigenvalue weighted by atomic mass is 10.2. The molecule has 0 unspecified atom stereocenters. The van der Waals surface area contributed by atoms with E-state index >= 15 is 0 Å². The van der Waals surface area contributed by atoms with Gasteiger partial charge in [-0.2, -0.15) is 23.0 Å². The largest absolute Gasteiger partial charge is 0.417 e. The Hall–Kier alpha value is -2.40. The van der Waals surface area contributed by atoms with Gasteiger partial charge in [0, 0.05) is 19.8 Å². The van der Waals surface area contributed by atoms with Gasteiger partial charge in [0.05, 0.1) is 22.7 Å².